The fourth-order valence-corrected chi connectivity index (χ4v) is 2.77. The fourth-order valence-electron chi connectivity index (χ4n) is 2.37. The molecule has 0 bridgehead atoms. The average molecular weight is 440 g/mol. The van der Waals surface area contributed by atoms with Crippen LogP contribution in [0, 0.1) is 11.3 Å². The van der Waals surface area contributed by atoms with E-state index in [1.165, 1.54) is 24.3 Å². The largest absolute Gasteiger partial charge is 0.449 e. The number of H-pyrrole nitrogens is 1. The lowest BCUT2D eigenvalue weighted by Crippen LogP contribution is -2.27. The number of alkyl halides is 2. The number of hydrogen-bond donors (Lipinski definition) is 1. The summed E-state index contributed by atoms with van der Waals surface area (Å²) in [5.41, 5.74) is -2.32. The second-order valence-corrected chi connectivity index (χ2v) is 6.45. The predicted octanol–water partition coefficient (Wildman–Crippen LogP) is 3.28. The van der Waals surface area contributed by atoms with Gasteiger partial charge in [-0.25, -0.2) is 18.9 Å². The van der Waals surface area contributed by atoms with E-state index in [2.05, 4.69) is 15.2 Å². The van der Waals surface area contributed by atoms with Gasteiger partial charge in [-0.15, -0.1) is 0 Å². The first-order valence-electron chi connectivity index (χ1n) is 7.78. The van der Waals surface area contributed by atoms with E-state index in [-0.39, 0.29) is 33.6 Å². The summed E-state index contributed by atoms with van der Waals surface area (Å²) in [6.45, 7) is -0.317. The third-order valence-corrected chi connectivity index (χ3v) is 4.05. The van der Waals surface area contributed by atoms with Crippen LogP contribution in [0.5, 0.6) is 11.5 Å². The van der Waals surface area contributed by atoms with Crippen LogP contribution in [0.25, 0.3) is 0 Å². The maximum atomic E-state index is 13.4. The molecule has 0 unspecified atom stereocenters. The highest BCUT2D eigenvalue weighted by Crippen LogP contribution is 2.29. The van der Waals surface area contributed by atoms with Gasteiger partial charge in [-0.2, -0.15) is 10.4 Å². The highest BCUT2D eigenvalue weighted by Gasteiger charge is 2.22. The Labute approximate surface area is 170 Å². The van der Waals surface area contributed by atoms with Crippen molar-refractivity contribution in [2.75, 3.05) is 0 Å². The normalized spacial score (nSPS) is 10.8. The number of nitrogens with one attached hydrogen (secondary N) is 1. The van der Waals surface area contributed by atoms with Gasteiger partial charge in [-0.05, 0) is 24.3 Å². The predicted molar refractivity (Wildman–Crippen MR) is 98.7 cm³/mol. The quantitative estimate of drug-likeness (QED) is 0.652. The summed E-state index contributed by atoms with van der Waals surface area (Å²) in [4.78, 5) is 28.2. The summed E-state index contributed by atoms with van der Waals surface area (Å²) in [6.07, 6.45) is -2.25. The van der Waals surface area contributed by atoms with Gasteiger partial charge < -0.3 is 4.74 Å². The molecule has 0 atom stereocenters. The molecule has 0 spiro atoms. The molecule has 0 aliphatic carbocycles. The summed E-state index contributed by atoms with van der Waals surface area (Å²) < 4.78 is 32.9. The number of ether oxygens (including phenoxy) is 1. The van der Waals surface area contributed by atoms with Crippen LogP contribution in [0.4, 0.5) is 8.78 Å². The molecule has 29 heavy (non-hydrogen) atoms. The van der Waals surface area contributed by atoms with Gasteiger partial charge >= 0.3 is 0 Å². The van der Waals surface area contributed by atoms with Crippen molar-refractivity contribution in [3.8, 4) is 17.6 Å². The van der Waals surface area contributed by atoms with Crippen LogP contribution < -0.4 is 15.9 Å². The minimum absolute atomic E-state index is 0.0238. The van der Waals surface area contributed by atoms with E-state index in [0.717, 1.165) is 10.9 Å². The second-order valence-electron chi connectivity index (χ2n) is 5.63. The molecule has 0 aliphatic rings. The topological polar surface area (TPSA) is 114 Å². The van der Waals surface area contributed by atoms with Crippen LogP contribution in [-0.2, 0) is 6.54 Å². The molecule has 0 amide bonds. The minimum Gasteiger partial charge on any atom is -0.449 e. The van der Waals surface area contributed by atoms with Crippen molar-refractivity contribution in [1.29, 1.82) is 5.26 Å². The molecule has 0 fully saturated rings. The molecule has 12 heteroatoms. The minimum atomic E-state index is -3.11. The summed E-state index contributed by atoms with van der Waals surface area (Å²) in [5.74, 6) is -0.859. The number of benzene rings is 1. The summed E-state index contributed by atoms with van der Waals surface area (Å²) in [7, 11) is 0. The number of hydrogen-bond acceptors (Lipinski definition) is 6. The monoisotopic (exact) mass is 439 g/mol. The van der Waals surface area contributed by atoms with Gasteiger partial charge in [0.1, 0.15) is 10.9 Å². The molecule has 3 rings (SSSR count). The molecule has 2 aromatic heterocycles. The maximum absolute atomic E-state index is 13.4. The first kappa shape index (κ1) is 20.4. The number of halogens is 4. The highest BCUT2D eigenvalue weighted by atomic mass is 35.5. The van der Waals surface area contributed by atoms with Gasteiger partial charge in [0.15, 0.2) is 5.69 Å². The molecular weight excluding hydrogens is 431 g/mol. The van der Waals surface area contributed by atoms with Crippen LogP contribution in [0.2, 0.25) is 10.2 Å². The van der Waals surface area contributed by atoms with Crippen molar-refractivity contribution in [2.24, 2.45) is 0 Å². The maximum Gasteiger partial charge on any atom is 0.297 e. The van der Waals surface area contributed by atoms with Gasteiger partial charge in [0, 0.05) is 10.6 Å². The Bertz CT molecular complexity index is 1240. The van der Waals surface area contributed by atoms with Crippen LogP contribution >= 0.6 is 23.2 Å². The zero-order valence-corrected chi connectivity index (χ0v) is 15.7. The van der Waals surface area contributed by atoms with Gasteiger partial charge in [0.05, 0.1) is 24.5 Å². The Kier molecular flexibility index (Phi) is 5.91. The van der Waals surface area contributed by atoms with Crippen molar-refractivity contribution >= 4 is 23.2 Å². The van der Waals surface area contributed by atoms with Crippen molar-refractivity contribution in [2.45, 2.75) is 13.0 Å². The molecule has 0 aliphatic heterocycles. The smallest absolute Gasteiger partial charge is 0.297 e. The first-order chi connectivity index (χ1) is 13.8. The lowest BCUT2D eigenvalue weighted by molar-refractivity contribution is 0.141. The summed E-state index contributed by atoms with van der Waals surface area (Å²) >= 11 is 11.6. The molecule has 8 nitrogen and oxygen atoms in total. The zero-order chi connectivity index (χ0) is 21.1. The number of aromatic amines is 1. The average Bonchev–Trinajstić information content (AvgIpc) is 2.67. The van der Waals surface area contributed by atoms with Crippen molar-refractivity contribution in [1.82, 2.24) is 19.7 Å². The third kappa shape index (κ3) is 4.59. The van der Waals surface area contributed by atoms with Gasteiger partial charge in [0.2, 0.25) is 5.75 Å². The summed E-state index contributed by atoms with van der Waals surface area (Å²) in [5, 5.41) is 14.7. The molecule has 3 aromatic rings. The van der Waals surface area contributed by atoms with Crippen LogP contribution in [0.1, 0.15) is 23.2 Å². The lowest BCUT2D eigenvalue weighted by Gasteiger charge is -2.13. The molecule has 0 saturated carbocycles. The molecule has 148 valence electrons. The van der Waals surface area contributed by atoms with Crippen LogP contribution in [0.3, 0.4) is 0 Å². The van der Waals surface area contributed by atoms with Gasteiger partial charge in [0.25, 0.3) is 17.5 Å². The second kappa shape index (κ2) is 8.38. The van der Waals surface area contributed by atoms with E-state index in [9.17, 15) is 18.4 Å². The molecular formula is C17H9Cl2F2N5O3. The number of nitrogens with zero attached hydrogens (tertiary/aromatic N) is 4. The SMILES string of the molecule is N#Cc1cc(Cl)cc(Oc2c(C(F)F)ncn(Cc3cc(Cl)n[nH]c3=O)c2=O)c1. The van der Waals surface area contributed by atoms with E-state index < -0.39 is 29.0 Å². The summed E-state index contributed by atoms with van der Waals surface area (Å²) in [6, 6.07) is 6.88. The molecule has 0 saturated heterocycles. The highest BCUT2D eigenvalue weighted by molar-refractivity contribution is 6.30. The molecule has 0 radical (unpaired) electrons. The molecule has 1 N–H and O–H groups in total. The van der Waals surface area contributed by atoms with Crippen molar-refractivity contribution in [3.63, 3.8) is 0 Å². The van der Waals surface area contributed by atoms with Gasteiger partial charge in [-0.1, -0.05) is 23.2 Å². The van der Waals surface area contributed by atoms with E-state index in [0.29, 0.717) is 0 Å². The van der Waals surface area contributed by atoms with E-state index in [1.807, 2.05) is 6.07 Å². The Morgan fingerprint density at radius 1 is 1.24 bits per heavy atom. The molecule has 1 aromatic carbocycles. The number of rotatable bonds is 5. The fraction of sp³-hybridized carbons (Fsp3) is 0.118. The Balaban J connectivity index is 2.08. The standard InChI is InChI=1S/C17H9Cl2F2N5O3/c18-10-1-8(5-22)2-11(4-10)29-14-13(15(20)21)23-7-26(17(14)28)6-9-3-12(19)24-25-16(9)27/h1-4,7,15H,6H2,(H,25,27). The Morgan fingerprint density at radius 2 is 2.00 bits per heavy atom. The van der Waals surface area contributed by atoms with Gasteiger partial charge in [-0.3, -0.25) is 14.2 Å². The third-order valence-electron chi connectivity index (χ3n) is 3.64. The zero-order valence-electron chi connectivity index (χ0n) is 14.2. The lowest BCUT2D eigenvalue weighted by atomic mass is 10.2. The Morgan fingerprint density at radius 3 is 2.69 bits per heavy atom. The van der Waals surface area contributed by atoms with E-state index in [4.69, 9.17) is 33.2 Å². The first-order valence-corrected chi connectivity index (χ1v) is 8.54. The molecule has 2 heterocycles. The Hall–Kier alpha value is -3.29. The van der Waals surface area contributed by atoms with E-state index in [1.54, 1.807) is 0 Å². The number of aromatic nitrogens is 4. The van der Waals surface area contributed by atoms with Crippen LogP contribution in [-0.4, -0.2) is 19.7 Å². The van der Waals surface area contributed by atoms with Crippen molar-refractivity contribution in [3.05, 3.63) is 78.3 Å². The number of nitriles is 1. The van der Waals surface area contributed by atoms with Crippen molar-refractivity contribution < 1.29 is 13.5 Å². The van der Waals surface area contributed by atoms with Crippen LogP contribution in [0.15, 0.2) is 40.2 Å². The van der Waals surface area contributed by atoms with E-state index >= 15 is 0 Å².